The molecule has 6 nitrogen and oxygen atoms in total. The van der Waals surface area contributed by atoms with Crippen molar-refractivity contribution in [1.29, 1.82) is 0 Å². The van der Waals surface area contributed by atoms with Crippen molar-refractivity contribution < 1.29 is 9.59 Å². The lowest BCUT2D eigenvalue weighted by atomic mass is 9.97. The molecule has 1 aromatic heterocycles. The van der Waals surface area contributed by atoms with Gasteiger partial charge in [0.2, 0.25) is 5.91 Å². The van der Waals surface area contributed by atoms with Gasteiger partial charge in [0.15, 0.2) is 0 Å². The van der Waals surface area contributed by atoms with Crippen LogP contribution in [0.25, 0.3) is 0 Å². The van der Waals surface area contributed by atoms with E-state index < -0.39 is 0 Å². The quantitative estimate of drug-likeness (QED) is 0.923. The molecule has 23 heavy (non-hydrogen) atoms. The predicted molar refractivity (Wildman–Crippen MR) is 86.7 cm³/mol. The molecule has 2 aliphatic rings. The van der Waals surface area contributed by atoms with Gasteiger partial charge in [0.05, 0.1) is 6.04 Å². The first kappa shape index (κ1) is 15.8. The largest absolute Gasteiger partial charge is 0.341 e. The van der Waals surface area contributed by atoms with Crippen LogP contribution in [0.15, 0.2) is 24.5 Å². The van der Waals surface area contributed by atoms with E-state index in [-0.39, 0.29) is 18.0 Å². The van der Waals surface area contributed by atoms with Crippen LogP contribution in [0, 0.1) is 0 Å². The highest BCUT2D eigenvalue weighted by atomic mass is 16.2. The average molecular weight is 316 g/mol. The van der Waals surface area contributed by atoms with Gasteiger partial charge in [0.1, 0.15) is 0 Å². The Morgan fingerprint density at radius 2 is 2.22 bits per heavy atom. The van der Waals surface area contributed by atoms with Crippen LogP contribution in [-0.4, -0.2) is 52.9 Å². The third-order valence-corrected chi connectivity index (χ3v) is 4.66. The Bertz CT molecular complexity index is 549. The van der Waals surface area contributed by atoms with E-state index in [1.807, 2.05) is 28.1 Å². The molecule has 1 N–H and O–H groups in total. The number of aromatic nitrogens is 1. The Morgan fingerprint density at radius 3 is 2.96 bits per heavy atom. The SMILES string of the molecule is O=C1CCCN1CCNC(=O)N1CCCC[C@H]1c1cccnc1. The summed E-state index contributed by atoms with van der Waals surface area (Å²) in [6.07, 6.45) is 8.32. The fraction of sp³-hybridized carbons (Fsp3) is 0.588. The molecule has 0 spiro atoms. The molecule has 3 amide bonds. The van der Waals surface area contributed by atoms with E-state index in [1.165, 1.54) is 0 Å². The second-order valence-corrected chi connectivity index (χ2v) is 6.21. The van der Waals surface area contributed by atoms with Crippen LogP contribution in [0.3, 0.4) is 0 Å². The number of likely N-dealkylation sites (tertiary alicyclic amines) is 2. The monoisotopic (exact) mass is 316 g/mol. The lowest BCUT2D eigenvalue weighted by Crippen LogP contribution is -2.46. The summed E-state index contributed by atoms with van der Waals surface area (Å²) in [5, 5.41) is 2.97. The number of hydrogen-bond acceptors (Lipinski definition) is 3. The number of hydrogen-bond donors (Lipinski definition) is 1. The number of carbonyl (C=O) groups excluding carboxylic acids is 2. The normalized spacial score (nSPS) is 21.6. The van der Waals surface area contributed by atoms with Gasteiger partial charge < -0.3 is 15.1 Å². The molecule has 124 valence electrons. The molecule has 2 fully saturated rings. The molecule has 3 rings (SSSR count). The van der Waals surface area contributed by atoms with Crippen LogP contribution in [0.5, 0.6) is 0 Å². The summed E-state index contributed by atoms with van der Waals surface area (Å²) in [4.78, 5) is 32.0. The van der Waals surface area contributed by atoms with Gasteiger partial charge in [-0.25, -0.2) is 4.79 Å². The van der Waals surface area contributed by atoms with E-state index >= 15 is 0 Å². The molecule has 0 radical (unpaired) electrons. The van der Waals surface area contributed by atoms with E-state index in [0.717, 1.165) is 44.3 Å². The summed E-state index contributed by atoms with van der Waals surface area (Å²) >= 11 is 0. The molecule has 2 saturated heterocycles. The lowest BCUT2D eigenvalue weighted by molar-refractivity contribution is -0.127. The van der Waals surface area contributed by atoms with Crippen molar-refractivity contribution in [2.75, 3.05) is 26.2 Å². The maximum absolute atomic E-state index is 12.5. The molecule has 1 atom stereocenters. The van der Waals surface area contributed by atoms with Crippen LogP contribution in [-0.2, 0) is 4.79 Å². The minimum Gasteiger partial charge on any atom is -0.341 e. The smallest absolute Gasteiger partial charge is 0.317 e. The Kier molecular flexibility index (Phi) is 5.10. The van der Waals surface area contributed by atoms with E-state index in [2.05, 4.69) is 10.3 Å². The molecule has 6 heteroatoms. The zero-order valence-corrected chi connectivity index (χ0v) is 13.4. The maximum atomic E-state index is 12.5. The Hall–Kier alpha value is -2.11. The molecule has 0 saturated carbocycles. The second-order valence-electron chi connectivity index (χ2n) is 6.21. The molecule has 0 bridgehead atoms. The first-order valence-corrected chi connectivity index (χ1v) is 8.48. The molecule has 0 unspecified atom stereocenters. The summed E-state index contributed by atoms with van der Waals surface area (Å²) in [5.41, 5.74) is 1.09. The van der Waals surface area contributed by atoms with Crippen molar-refractivity contribution in [1.82, 2.24) is 20.1 Å². The highest BCUT2D eigenvalue weighted by Gasteiger charge is 2.28. The van der Waals surface area contributed by atoms with Crippen molar-refractivity contribution in [2.45, 2.75) is 38.1 Å². The first-order chi connectivity index (χ1) is 11.3. The lowest BCUT2D eigenvalue weighted by Gasteiger charge is -2.36. The van der Waals surface area contributed by atoms with Crippen molar-refractivity contribution in [3.63, 3.8) is 0 Å². The number of piperidine rings is 1. The number of nitrogens with zero attached hydrogens (tertiary/aromatic N) is 3. The van der Waals surface area contributed by atoms with Gasteiger partial charge in [-0.2, -0.15) is 0 Å². The summed E-state index contributed by atoms with van der Waals surface area (Å²) < 4.78 is 0. The third-order valence-electron chi connectivity index (χ3n) is 4.66. The Balaban J connectivity index is 1.55. The van der Waals surface area contributed by atoms with Gasteiger partial charge in [-0.15, -0.1) is 0 Å². The van der Waals surface area contributed by atoms with Gasteiger partial charge in [-0.3, -0.25) is 9.78 Å². The molecule has 0 aromatic carbocycles. The summed E-state index contributed by atoms with van der Waals surface area (Å²) in [6.45, 7) is 2.71. The number of pyridine rings is 1. The zero-order chi connectivity index (χ0) is 16.1. The van der Waals surface area contributed by atoms with Crippen molar-refractivity contribution in [3.8, 4) is 0 Å². The minimum absolute atomic E-state index is 0.0369. The van der Waals surface area contributed by atoms with Crippen LogP contribution < -0.4 is 5.32 Å². The Morgan fingerprint density at radius 1 is 1.30 bits per heavy atom. The molecule has 1 aromatic rings. The predicted octanol–water partition coefficient (Wildman–Crippen LogP) is 1.94. The highest BCUT2D eigenvalue weighted by Crippen LogP contribution is 2.30. The third kappa shape index (κ3) is 3.81. The average Bonchev–Trinajstić information content (AvgIpc) is 3.01. The van der Waals surface area contributed by atoms with Crippen molar-refractivity contribution in [2.24, 2.45) is 0 Å². The summed E-state index contributed by atoms with van der Waals surface area (Å²) in [6, 6.07) is 4.02. The van der Waals surface area contributed by atoms with E-state index in [9.17, 15) is 9.59 Å². The van der Waals surface area contributed by atoms with Crippen LogP contribution in [0.2, 0.25) is 0 Å². The maximum Gasteiger partial charge on any atom is 0.317 e. The second kappa shape index (κ2) is 7.44. The number of nitrogens with one attached hydrogen (secondary N) is 1. The van der Waals surface area contributed by atoms with Crippen LogP contribution in [0.1, 0.15) is 43.7 Å². The number of rotatable bonds is 4. The van der Waals surface area contributed by atoms with Gasteiger partial charge in [0, 0.05) is 45.0 Å². The van der Waals surface area contributed by atoms with Crippen molar-refractivity contribution >= 4 is 11.9 Å². The van der Waals surface area contributed by atoms with Gasteiger partial charge in [0.25, 0.3) is 0 Å². The molecular formula is C17H24N4O2. The van der Waals surface area contributed by atoms with Gasteiger partial charge in [-0.05, 0) is 37.3 Å². The van der Waals surface area contributed by atoms with Crippen LogP contribution in [0.4, 0.5) is 4.79 Å². The fourth-order valence-electron chi connectivity index (χ4n) is 3.43. The number of amides is 3. The topological polar surface area (TPSA) is 65.5 Å². The number of urea groups is 1. The minimum atomic E-state index is -0.0369. The van der Waals surface area contributed by atoms with Gasteiger partial charge in [-0.1, -0.05) is 6.07 Å². The molecule has 3 heterocycles. The molecule has 2 aliphatic heterocycles. The standard InChI is InChI=1S/C17H24N4O2/c22-16-7-4-10-20(16)12-9-19-17(23)21-11-2-1-6-15(21)14-5-3-8-18-13-14/h3,5,8,13,15H,1-2,4,6-7,9-12H2,(H,19,23)/t15-/m0/s1. The summed E-state index contributed by atoms with van der Waals surface area (Å²) in [5.74, 6) is 0.199. The van der Waals surface area contributed by atoms with E-state index in [0.29, 0.717) is 19.5 Å². The highest BCUT2D eigenvalue weighted by molar-refractivity contribution is 5.78. The van der Waals surface area contributed by atoms with E-state index in [1.54, 1.807) is 6.20 Å². The molecular weight excluding hydrogens is 292 g/mol. The first-order valence-electron chi connectivity index (χ1n) is 8.48. The van der Waals surface area contributed by atoms with E-state index in [4.69, 9.17) is 0 Å². The molecule has 0 aliphatic carbocycles. The van der Waals surface area contributed by atoms with Gasteiger partial charge >= 0.3 is 6.03 Å². The summed E-state index contributed by atoms with van der Waals surface area (Å²) in [7, 11) is 0. The zero-order valence-electron chi connectivity index (χ0n) is 13.4. The number of carbonyl (C=O) groups is 2. The van der Waals surface area contributed by atoms with Crippen LogP contribution >= 0.6 is 0 Å². The Labute approximate surface area is 136 Å². The fourth-order valence-corrected chi connectivity index (χ4v) is 3.43. The van der Waals surface area contributed by atoms with Crippen molar-refractivity contribution in [3.05, 3.63) is 30.1 Å².